The van der Waals surface area contributed by atoms with Crippen LogP contribution in [0.3, 0.4) is 0 Å². The number of Topliss-reactive ketones (excluding diaryl/α,β-unsaturated/α-hetero) is 1. The number of nitrogens with one attached hydrogen (secondary N) is 1. The zero-order valence-electron chi connectivity index (χ0n) is 24.3. The van der Waals surface area contributed by atoms with E-state index in [0.29, 0.717) is 17.9 Å². The van der Waals surface area contributed by atoms with Gasteiger partial charge in [0.2, 0.25) is 11.8 Å². The van der Waals surface area contributed by atoms with Crippen LogP contribution < -0.4 is 15.6 Å². The number of aliphatic hydroxyl groups excluding tert-OH is 1. The Morgan fingerprint density at radius 2 is 1.66 bits per heavy atom. The van der Waals surface area contributed by atoms with Gasteiger partial charge in [-0.15, -0.1) is 0 Å². The van der Waals surface area contributed by atoms with E-state index in [4.69, 9.17) is 9.47 Å². The van der Waals surface area contributed by atoms with Crippen molar-refractivity contribution in [1.29, 1.82) is 0 Å². The van der Waals surface area contributed by atoms with Crippen LogP contribution in [0.5, 0.6) is 5.88 Å². The lowest BCUT2D eigenvalue weighted by Gasteiger charge is -2.22. The highest BCUT2D eigenvalue weighted by molar-refractivity contribution is 5.92. The summed E-state index contributed by atoms with van der Waals surface area (Å²) in [7, 11) is 0. The Morgan fingerprint density at radius 3 is 2.34 bits per heavy atom. The van der Waals surface area contributed by atoms with Gasteiger partial charge in [0.05, 0.1) is 18.2 Å². The molecule has 2 aromatic heterocycles. The SMILES string of the molecule is CC(=O)OCc1cnc(-c2ccccc2)n(CC(=O)NC(Cc2ccccc2)C(=O)C(O)CCCOc2ccccn2)c1=O. The maximum Gasteiger partial charge on any atom is 0.302 e. The first-order chi connectivity index (χ1) is 21.3. The number of esters is 1. The Balaban J connectivity index is 1.51. The molecule has 228 valence electrons. The molecule has 11 nitrogen and oxygen atoms in total. The van der Waals surface area contributed by atoms with E-state index in [9.17, 15) is 24.3 Å². The number of amides is 1. The highest BCUT2D eigenvalue weighted by atomic mass is 16.5. The van der Waals surface area contributed by atoms with Gasteiger partial charge in [0.1, 0.15) is 25.1 Å². The van der Waals surface area contributed by atoms with Crippen molar-refractivity contribution in [3.63, 3.8) is 0 Å². The quantitative estimate of drug-likeness (QED) is 0.156. The molecule has 11 heteroatoms. The number of aromatic nitrogens is 3. The summed E-state index contributed by atoms with van der Waals surface area (Å²) >= 11 is 0. The van der Waals surface area contributed by atoms with Gasteiger partial charge >= 0.3 is 5.97 Å². The summed E-state index contributed by atoms with van der Waals surface area (Å²) in [6, 6.07) is 22.2. The third-order valence-corrected chi connectivity index (χ3v) is 6.68. The van der Waals surface area contributed by atoms with Crippen LogP contribution in [0.1, 0.15) is 30.9 Å². The number of ketones is 1. The lowest BCUT2D eigenvalue weighted by molar-refractivity contribution is -0.142. The molecule has 0 bridgehead atoms. The standard InChI is InChI=1S/C33H34N4O7/c1-23(38)44-22-26-20-35-32(25-13-6-3-7-14-25)37(33(26)42)21-29(40)36-27(19-24-11-4-2-5-12-24)31(41)28(39)15-10-18-43-30-16-8-9-17-34-30/h2-9,11-14,16-17,20,27-28,39H,10,15,18-19,21-22H2,1H3,(H,36,40). The van der Waals surface area contributed by atoms with Crippen molar-refractivity contribution in [1.82, 2.24) is 19.9 Å². The van der Waals surface area contributed by atoms with Gasteiger partial charge in [0.15, 0.2) is 5.78 Å². The molecule has 4 rings (SSSR count). The molecule has 4 aromatic rings. The second-order valence-electron chi connectivity index (χ2n) is 10.0. The van der Waals surface area contributed by atoms with Crippen molar-refractivity contribution in [2.45, 2.75) is 51.5 Å². The highest BCUT2D eigenvalue weighted by Crippen LogP contribution is 2.16. The van der Waals surface area contributed by atoms with E-state index in [0.717, 1.165) is 5.56 Å². The number of carbonyl (C=O) groups is 3. The number of pyridine rings is 1. The molecule has 0 spiro atoms. The van der Waals surface area contributed by atoms with Gasteiger partial charge < -0.3 is 19.9 Å². The molecular weight excluding hydrogens is 564 g/mol. The van der Waals surface area contributed by atoms with E-state index < -0.39 is 41.9 Å². The predicted octanol–water partition coefficient (Wildman–Crippen LogP) is 2.89. The summed E-state index contributed by atoms with van der Waals surface area (Å²) in [4.78, 5) is 60.0. The van der Waals surface area contributed by atoms with Gasteiger partial charge in [-0.25, -0.2) is 9.97 Å². The first-order valence-electron chi connectivity index (χ1n) is 14.2. The summed E-state index contributed by atoms with van der Waals surface area (Å²) < 4.78 is 11.7. The van der Waals surface area contributed by atoms with Crippen molar-refractivity contribution in [3.05, 3.63) is 113 Å². The fourth-order valence-electron chi connectivity index (χ4n) is 4.49. The van der Waals surface area contributed by atoms with Crippen LogP contribution in [0.4, 0.5) is 0 Å². The normalized spacial score (nSPS) is 12.1. The minimum atomic E-state index is -1.35. The molecule has 44 heavy (non-hydrogen) atoms. The maximum absolute atomic E-state index is 13.4. The van der Waals surface area contributed by atoms with Crippen LogP contribution in [0.25, 0.3) is 11.4 Å². The summed E-state index contributed by atoms with van der Waals surface area (Å²) in [6.07, 6.45) is 2.20. The van der Waals surface area contributed by atoms with Crippen LogP contribution in [0.15, 0.2) is 96.1 Å². The van der Waals surface area contributed by atoms with Crippen molar-refractivity contribution < 1.29 is 29.0 Å². The molecule has 2 heterocycles. The zero-order valence-corrected chi connectivity index (χ0v) is 24.3. The van der Waals surface area contributed by atoms with Crippen LogP contribution in [-0.4, -0.2) is 56.1 Å². The predicted molar refractivity (Wildman–Crippen MR) is 161 cm³/mol. The van der Waals surface area contributed by atoms with E-state index in [1.165, 1.54) is 17.7 Å². The smallest absolute Gasteiger partial charge is 0.302 e. The topological polar surface area (TPSA) is 150 Å². The largest absolute Gasteiger partial charge is 0.478 e. The molecule has 2 N–H and O–H groups in total. The zero-order chi connectivity index (χ0) is 31.3. The minimum absolute atomic E-state index is 0.0907. The van der Waals surface area contributed by atoms with Gasteiger partial charge in [-0.05, 0) is 30.9 Å². The number of aliphatic hydroxyl groups is 1. The number of rotatable bonds is 15. The van der Waals surface area contributed by atoms with Crippen LogP contribution in [0.2, 0.25) is 0 Å². The van der Waals surface area contributed by atoms with Gasteiger partial charge in [0.25, 0.3) is 5.56 Å². The number of ether oxygens (including phenoxy) is 2. The Kier molecular flexibility index (Phi) is 11.5. The second kappa shape index (κ2) is 15.9. The summed E-state index contributed by atoms with van der Waals surface area (Å²) in [5.41, 5.74) is 0.905. The fraction of sp³-hybridized carbons (Fsp3) is 0.273. The van der Waals surface area contributed by atoms with Crippen molar-refractivity contribution >= 4 is 17.7 Å². The van der Waals surface area contributed by atoms with Gasteiger partial charge in [0, 0.05) is 30.9 Å². The molecule has 0 aliphatic rings. The number of hydrogen-bond donors (Lipinski definition) is 2. The third-order valence-electron chi connectivity index (χ3n) is 6.68. The maximum atomic E-state index is 13.4. The average Bonchev–Trinajstić information content (AvgIpc) is 3.04. The Morgan fingerprint density at radius 1 is 0.955 bits per heavy atom. The van der Waals surface area contributed by atoms with E-state index in [2.05, 4.69) is 15.3 Å². The lowest BCUT2D eigenvalue weighted by Crippen LogP contribution is -2.48. The molecule has 2 unspecified atom stereocenters. The van der Waals surface area contributed by atoms with E-state index in [-0.39, 0.29) is 37.4 Å². The first-order valence-corrected chi connectivity index (χ1v) is 14.2. The van der Waals surface area contributed by atoms with Crippen LogP contribution in [0, 0.1) is 0 Å². The van der Waals surface area contributed by atoms with E-state index >= 15 is 0 Å². The fourth-order valence-corrected chi connectivity index (χ4v) is 4.49. The summed E-state index contributed by atoms with van der Waals surface area (Å²) in [5.74, 6) is -1.08. The Bertz CT molecular complexity index is 1600. The molecule has 0 fully saturated rings. The van der Waals surface area contributed by atoms with E-state index in [1.807, 2.05) is 36.4 Å². The molecule has 0 saturated heterocycles. The van der Waals surface area contributed by atoms with Crippen molar-refractivity contribution in [2.75, 3.05) is 6.61 Å². The molecule has 2 aromatic carbocycles. The summed E-state index contributed by atoms with van der Waals surface area (Å²) in [5, 5.41) is 13.5. The molecule has 2 atom stereocenters. The molecule has 0 saturated carbocycles. The van der Waals surface area contributed by atoms with Crippen LogP contribution >= 0.6 is 0 Å². The number of nitrogens with zero attached hydrogens (tertiary/aromatic N) is 3. The van der Waals surface area contributed by atoms with Gasteiger partial charge in [-0.3, -0.25) is 23.7 Å². The monoisotopic (exact) mass is 598 g/mol. The Hall–Kier alpha value is -5.16. The molecule has 0 aliphatic carbocycles. The number of carbonyl (C=O) groups excluding carboxylic acids is 3. The van der Waals surface area contributed by atoms with Crippen molar-refractivity contribution in [3.8, 4) is 17.3 Å². The van der Waals surface area contributed by atoms with E-state index in [1.54, 1.807) is 48.7 Å². The minimum Gasteiger partial charge on any atom is -0.478 e. The molecule has 0 radical (unpaired) electrons. The molecule has 1 amide bonds. The molecular formula is C33H34N4O7. The number of hydrogen-bond acceptors (Lipinski definition) is 9. The summed E-state index contributed by atoms with van der Waals surface area (Å²) in [6.45, 7) is 0.711. The highest BCUT2D eigenvalue weighted by Gasteiger charge is 2.28. The second-order valence-corrected chi connectivity index (χ2v) is 10.0. The number of benzene rings is 2. The van der Waals surface area contributed by atoms with Crippen LogP contribution in [-0.2, 0) is 38.7 Å². The Labute approximate surface area is 254 Å². The van der Waals surface area contributed by atoms with Gasteiger partial charge in [-0.2, -0.15) is 0 Å². The first kappa shape index (κ1) is 31.8. The third kappa shape index (κ3) is 9.17. The molecule has 0 aliphatic heterocycles. The van der Waals surface area contributed by atoms with Gasteiger partial charge in [-0.1, -0.05) is 66.7 Å². The average molecular weight is 599 g/mol. The lowest BCUT2D eigenvalue weighted by atomic mass is 9.97. The van der Waals surface area contributed by atoms with Crippen molar-refractivity contribution in [2.24, 2.45) is 0 Å².